The van der Waals surface area contributed by atoms with Gasteiger partial charge in [0.2, 0.25) is 0 Å². The highest BCUT2D eigenvalue weighted by atomic mass is 35.5. The van der Waals surface area contributed by atoms with E-state index in [0.717, 1.165) is 47.9 Å². The Bertz CT molecular complexity index is 1260. The number of aryl methyl sites for hydroxylation is 1. The van der Waals surface area contributed by atoms with E-state index in [9.17, 15) is 14.7 Å². The fourth-order valence-electron chi connectivity index (χ4n) is 4.80. The summed E-state index contributed by atoms with van der Waals surface area (Å²) in [5.41, 5.74) is 5.34. The highest BCUT2D eigenvalue weighted by Gasteiger charge is 2.26. The standard InChI is InChI=1S/C27H26ClN3O4/c28-24-11-17-3-1-2-10-35-27-29-14-21(15-30-27)23(13-25(32)33)19-6-5-18-8-9-31(16-20(18)12-19)26(34)22(24)7-4-17/h4-7,11-12,14-15,23H,1-3,8-10,13,16H2,(H,32,33). The number of ether oxygens (including phenoxy) is 1. The molecule has 8 heteroatoms. The van der Waals surface area contributed by atoms with Gasteiger partial charge < -0.3 is 14.7 Å². The van der Waals surface area contributed by atoms with Crippen molar-refractivity contribution in [1.82, 2.24) is 14.9 Å². The van der Waals surface area contributed by atoms with Crippen molar-refractivity contribution in [1.29, 1.82) is 0 Å². The minimum absolute atomic E-state index is 0.0903. The van der Waals surface area contributed by atoms with Crippen LogP contribution in [0.1, 0.15) is 63.4 Å². The molecule has 1 atom stereocenters. The zero-order valence-electron chi connectivity index (χ0n) is 19.2. The van der Waals surface area contributed by atoms with E-state index in [0.29, 0.717) is 35.8 Å². The van der Waals surface area contributed by atoms with Gasteiger partial charge in [-0.2, -0.15) is 0 Å². The molecule has 0 saturated heterocycles. The number of hydrogen-bond donors (Lipinski definition) is 1. The van der Waals surface area contributed by atoms with Crippen molar-refractivity contribution >= 4 is 23.5 Å². The van der Waals surface area contributed by atoms with E-state index < -0.39 is 11.9 Å². The van der Waals surface area contributed by atoms with Crippen LogP contribution in [-0.2, 0) is 24.2 Å². The van der Waals surface area contributed by atoms with Gasteiger partial charge in [0, 0.05) is 31.4 Å². The second-order valence-electron chi connectivity index (χ2n) is 9.07. The largest absolute Gasteiger partial charge is 0.481 e. The molecule has 8 rings (SSSR count). The second-order valence-corrected chi connectivity index (χ2v) is 9.48. The molecule has 5 aliphatic rings. The number of carbonyl (C=O) groups excluding carboxylic acids is 1. The molecule has 1 amide bonds. The minimum atomic E-state index is -0.905. The molecule has 0 radical (unpaired) electrons. The molecule has 6 heterocycles. The molecule has 5 aliphatic heterocycles. The van der Waals surface area contributed by atoms with Crippen LogP contribution >= 0.6 is 11.6 Å². The molecule has 0 fully saturated rings. The lowest BCUT2D eigenvalue weighted by Gasteiger charge is -2.30. The van der Waals surface area contributed by atoms with Crippen LogP contribution in [0.3, 0.4) is 0 Å². The molecule has 35 heavy (non-hydrogen) atoms. The summed E-state index contributed by atoms with van der Waals surface area (Å²) in [4.78, 5) is 35.5. The normalized spacial score (nSPS) is 17.9. The number of rotatable bonds is 2. The monoisotopic (exact) mass is 491 g/mol. The van der Waals surface area contributed by atoms with Gasteiger partial charge in [0.05, 0.1) is 23.6 Å². The van der Waals surface area contributed by atoms with Gasteiger partial charge in [0.1, 0.15) is 0 Å². The number of halogens is 1. The number of amides is 1. The maximum Gasteiger partial charge on any atom is 0.316 e. The summed E-state index contributed by atoms with van der Waals surface area (Å²) in [5, 5.41) is 10.0. The Kier molecular flexibility index (Phi) is 6.68. The lowest BCUT2D eigenvalue weighted by Crippen LogP contribution is -2.36. The van der Waals surface area contributed by atoms with E-state index in [1.165, 1.54) is 0 Å². The predicted octanol–water partition coefficient (Wildman–Crippen LogP) is 4.65. The summed E-state index contributed by atoms with van der Waals surface area (Å²) in [6, 6.07) is 12.0. The number of nitrogens with zero attached hydrogens (tertiary/aromatic N) is 3. The van der Waals surface area contributed by atoms with Gasteiger partial charge in [-0.25, -0.2) is 9.97 Å². The third-order valence-electron chi connectivity index (χ3n) is 6.72. The Morgan fingerprint density at radius 1 is 1.06 bits per heavy atom. The first-order valence-electron chi connectivity index (χ1n) is 11.8. The first-order chi connectivity index (χ1) is 17.0. The first kappa shape index (κ1) is 23.3. The highest BCUT2D eigenvalue weighted by molar-refractivity contribution is 6.33. The predicted molar refractivity (Wildman–Crippen MR) is 131 cm³/mol. The van der Waals surface area contributed by atoms with Crippen LogP contribution in [0.15, 0.2) is 48.8 Å². The quantitative estimate of drug-likeness (QED) is 0.561. The summed E-state index contributed by atoms with van der Waals surface area (Å²) < 4.78 is 5.69. The lowest BCUT2D eigenvalue weighted by atomic mass is 9.87. The molecule has 0 aliphatic carbocycles. The van der Waals surface area contributed by atoms with E-state index in [1.54, 1.807) is 12.4 Å². The van der Waals surface area contributed by atoms with Crippen molar-refractivity contribution in [3.8, 4) is 6.01 Å². The molecule has 180 valence electrons. The van der Waals surface area contributed by atoms with Crippen LogP contribution in [0.5, 0.6) is 6.01 Å². The van der Waals surface area contributed by atoms with E-state index in [2.05, 4.69) is 9.97 Å². The first-order valence-corrected chi connectivity index (χ1v) is 12.2. The van der Waals surface area contributed by atoms with Crippen molar-refractivity contribution < 1.29 is 19.4 Å². The Morgan fingerprint density at radius 2 is 1.89 bits per heavy atom. The van der Waals surface area contributed by atoms with Crippen molar-refractivity contribution in [3.63, 3.8) is 0 Å². The van der Waals surface area contributed by atoms with Crippen LogP contribution < -0.4 is 4.74 Å². The zero-order chi connectivity index (χ0) is 24.4. The van der Waals surface area contributed by atoms with Crippen LogP contribution in [0.4, 0.5) is 0 Å². The lowest BCUT2D eigenvalue weighted by molar-refractivity contribution is -0.137. The van der Waals surface area contributed by atoms with Gasteiger partial charge in [-0.3, -0.25) is 9.59 Å². The van der Waals surface area contributed by atoms with Crippen molar-refractivity contribution in [2.75, 3.05) is 13.2 Å². The number of benzene rings is 2. The molecular weight excluding hydrogens is 466 g/mol. The zero-order valence-corrected chi connectivity index (χ0v) is 20.0. The van der Waals surface area contributed by atoms with Gasteiger partial charge in [-0.15, -0.1) is 0 Å². The molecule has 7 bridgehead atoms. The van der Waals surface area contributed by atoms with Crippen molar-refractivity contribution in [3.05, 3.63) is 87.2 Å². The third kappa shape index (κ3) is 5.15. The fraction of sp³-hybridized carbons (Fsp3) is 0.333. The fourth-order valence-corrected chi connectivity index (χ4v) is 5.09. The molecule has 1 aromatic heterocycles. The molecule has 0 spiro atoms. The van der Waals surface area contributed by atoms with Crippen molar-refractivity contribution in [2.45, 2.75) is 44.6 Å². The van der Waals surface area contributed by atoms with Gasteiger partial charge >= 0.3 is 12.0 Å². The van der Waals surface area contributed by atoms with Gasteiger partial charge in [0.15, 0.2) is 0 Å². The van der Waals surface area contributed by atoms with Gasteiger partial charge in [0.25, 0.3) is 5.91 Å². The molecule has 1 N–H and O–H groups in total. The highest BCUT2D eigenvalue weighted by Crippen LogP contribution is 2.32. The minimum Gasteiger partial charge on any atom is -0.481 e. The number of carboxylic acids is 1. The summed E-state index contributed by atoms with van der Waals surface area (Å²) in [6.07, 6.45) is 6.47. The smallest absolute Gasteiger partial charge is 0.316 e. The Labute approximate surface area is 208 Å². The third-order valence-corrected chi connectivity index (χ3v) is 7.03. The van der Waals surface area contributed by atoms with Crippen LogP contribution in [0.2, 0.25) is 5.02 Å². The van der Waals surface area contributed by atoms with Gasteiger partial charge in [-0.1, -0.05) is 35.9 Å². The van der Waals surface area contributed by atoms with Crippen molar-refractivity contribution in [2.24, 2.45) is 0 Å². The Morgan fingerprint density at radius 3 is 2.66 bits per heavy atom. The average molecular weight is 492 g/mol. The number of aromatic nitrogens is 2. The van der Waals surface area contributed by atoms with Crippen LogP contribution in [0, 0.1) is 0 Å². The Hall–Kier alpha value is -3.45. The molecule has 0 saturated carbocycles. The summed E-state index contributed by atoms with van der Waals surface area (Å²) in [7, 11) is 0. The summed E-state index contributed by atoms with van der Waals surface area (Å²) >= 11 is 6.52. The van der Waals surface area contributed by atoms with E-state index >= 15 is 0 Å². The number of hydrogen-bond acceptors (Lipinski definition) is 5. The van der Waals surface area contributed by atoms with Gasteiger partial charge in [-0.05, 0) is 65.6 Å². The Balaban J connectivity index is 1.53. The second kappa shape index (κ2) is 10.0. The molecular formula is C27H26ClN3O4. The SMILES string of the molecule is O=C(O)CC1c2cnc(nc2)OCCCCc2ccc(c(Cl)c2)C(=O)N2CCc3ccc1cc3C2. The molecule has 3 aromatic rings. The summed E-state index contributed by atoms with van der Waals surface area (Å²) in [6.45, 7) is 1.53. The van der Waals surface area contributed by atoms with E-state index in [1.807, 2.05) is 41.3 Å². The molecule has 2 aromatic carbocycles. The molecule has 1 unspecified atom stereocenters. The van der Waals surface area contributed by atoms with Crippen LogP contribution in [0.25, 0.3) is 0 Å². The number of carbonyl (C=O) groups is 2. The number of aliphatic carboxylic acids is 1. The maximum absolute atomic E-state index is 13.3. The summed E-state index contributed by atoms with van der Waals surface area (Å²) in [5.74, 6) is -1.41. The number of carboxylic acid groups (broad SMARTS) is 1. The topological polar surface area (TPSA) is 92.6 Å². The van der Waals surface area contributed by atoms with Crippen LogP contribution in [-0.4, -0.2) is 45.0 Å². The van der Waals surface area contributed by atoms with E-state index in [4.69, 9.17) is 16.3 Å². The maximum atomic E-state index is 13.3. The average Bonchev–Trinajstić information content (AvgIpc) is 2.86. The van der Waals surface area contributed by atoms with E-state index in [-0.39, 0.29) is 18.3 Å². The molecule has 7 nitrogen and oxygen atoms in total.